The topological polar surface area (TPSA) is 55.6 Å². The lowest BCUT2D eigenvalue weighted by Gasteiger charge is -2.21. The normalized spacial score (nSPS) is 25.9. The Hall–Kier alpha value is -0.610. The van der Waals surface area contributed by atoms with Crippen LogP contribution in [0.25, 0.3) is 0 Å². The molecule has 0 aromatic heterocycles. The first-order valence-corrected chi connectivity index (χ1v) is 4.81. The minimum atomic E-state index is -0.145. The summed E-state index contributed by atoms with van der Waals surface area (Å²) in [6.07, 6.45) is 0.976. The zero-order valence-corrected chi connectivity index (χ0v) is 8.32. The lowest BCUT2D eigenvalue weighted by Crippen LogP contribution is -2.39. The van der Waals surface area contributed by atoms with Crippen LogP contribution in [0.2, 0.25) is 0 Å². The summed E-state index contributed by atoms with van der Waals surface area (Å²) in [6.45, 7) is 5.85. The van der Waals surface area contributed by atoms with Crippen molar-refractivity contribution in [2.75, 3.05) is 19.7 Å². The third-order valence-corrected chi connectivity index (χ3v) is 2.43. The van der Waals surface area contributed by atoms with Gasteiger partial charge in [0, 0.05) is 19.1 Å². The lowest BCUT2D eigenvalue weighted by molar-refractivity contribution is -0.148. The standard InChI is InChI=1S/C9H18N2O2/c1-3-13-9(12)7(2)11-5-4-8(10)6-11/h7-8H,3-6,10H2,1-2H3/t7?,8-/m1/s1. The molecule has 0 saturated carbocycles. The number of esters is 1. The Balaban J connectivity index is 2.38. The van der Waals surface area contributed by atoms with Gasteiger partial charge in [-0.15, -0.1) is 0 Å². The quantitative estimate of drug-likeness (QED) is 0.629. The molecule has 0 radical (unpaired) electrons. The van der Waals surface area contributed by atoms with E-state index < -0.39 is 0 Å². The monoisotopic (exact) mass is 186 g/mol. The molecule has 0 aromatic rings. The van der Waals surface area contributed by atoms with Crippen molar-refractivity contribution < 1.29 is 9.53 Å². The van der Waals surface area contributed by atoms with Crippen LogP contribution in [-0.2, 0) is 9.53 Å². The van der Waals surface area contributed by atoms with Gasteiger partial charge >= 0.3 is 5.97 Å². The molecule has 0 aromatic carbocycles. The average Bonchev–Trinajstić information content (AvgIpc) is 2.51. The summed E-state index contributed by atoms with van der Waals surface area (Å²) in [7, 11) is 0. The van der Waals surface area contributed by atoms with Crippen LogP contribution in [0.1, 0.15) is 20.3 Å². The summed E-state index contributed by atoms with van der Waals surface area (Å²) in [6, 6.07) is 0.0744. The molecule has 4 nitrogen and oxygen atoms in total. The first kappa shape index (κ1) is 10.5. The van der Waals surface area contributed by atoms with Gasteiger partial charge in [-0.1, -0.05) is 0 Å². The molecule has 1 unspecified atom stereocenters. The van der Waals surface area contributed by atoms with Crippen LogP contribution in [0.5, 0.6) is 0 Å². The number of nitrogens with zero attached hydrogens (tertiary/aromatic N) is 1. The van der Waals surface area contributed by atoms with E-state index in [1.807, 2.05) is 13.8 Å². The maximum atomic E-state index is 11.3. The zero-order chi connectivity index (χ0) is 9.84. The van der Waals surface area contributed by atoms with Gasteiger partial charge in [0.15, 0.2) is 0 Å². The van der Waals surface area contributed by atoms with E-state index in [-0.39, 0.29) is 18.1 Å². The van der Waals surface area contributed by atoms with Crippen LogP contribution >= 0.6 is 0 Å². The fraction of sp³-hybridized carbons (Fsp3) is 0.889. The van der Waals surface area contributed by atoms with Crippen LogP contribution in [0.15, 0.2) is 0 Å². The average molecular weight is 186 g/mol. The number of rotatable bonds is 3. The van der Waals surface area contributed by atoms with Crippen molar-refractivity contribution in [3.63, 3.8) is 0 Å². The van der Waals surface area contributed by atoms with Gasteiger partial charge < -0.3 is 10.5 Å². The molecule has 1 heterocycles. The number of hydrogen-bond acceptors (Lipinski definition) is 4. The molecule has 0 aliphatic carbocycles. The van der Waals surface area contributed by atoms with Crippen LogP contribution in [0.4, 0.5) is 0 Å². The van der Waals surface area contributed by atoms with Gasteiger partial charge in [-0.3, -0.25) is 9.69 Å². The number of carbonyl (C=O) groups excluding carboxylic acids is 1. The summed E-state index contributed by atoms with van der Waals surface area (Å²) >= 11 is 0. The highest BCUT2D eigenvalue weighted by Gasteiger charge is 2.28. The minimum absolute atomic E-state index is 0.142. The Morgan fingerprint density at radius 1 is 1.77 bits per heavy atom. The van der Waals surface area contributed by atoms with Gasteiger partial charge in [0.1, 0.15) is 6.04 Å². The summed E-state index contributed by atoms with van der Waals surface area (Å²) in [5, 5.41) is 0. The first-order chi connectivity index (χ1) is 6.15. The van der Waals surface area contributed by atoms with E-state index >= 15 is 0 Å². The van der Waals surface area contributed by atoms with Crippen LogP contribution in [0.3, 0.4) is 0 Å². The Morgan fingerprint density at radius 3 is 2.92 bits per heavy atom. The molecule has 1 rings (SSSR count). The maximum absolute atomic E-state index is 11.3. The van der Waals surface area contributed by atoms with Crippen molar-refractivity contribution in [3.05, 3.63) is 0 Å². The molecule has 0 bridgehead atoms. The van der Waals surface area contributed by atoms with E-state index in [4.69, 9.17) is 10.5 Å². The summed E-state index contributed by atoms with van der Waals surface area (Å²) in [5.74, 6) is -0.142. The molecule has 2 N–H and O–H groups in total. The van der Waals surface area contributed by atoms with Crippen molar-refractivity contribution in [3.8, 4) is 0 Å². The molecule has 4 heteroatoms. The summed E-state index contributed by atoms with van der Waals surface area (Å²) in [5.41, 5.74) is 5.74. The molecule has 1 saturated heterocycles. The molecule has 0 amide bonds. The van der Waals surface area contributed by atoms with Gasteiger partial charge in [-0.25, -0.2) is 0 Å². The van der Waals surface area contributed by atoms with Crippen molar-refractivity contribution in [1.82, 2.24) is 4.90 Å². The van der Waals surface area contributed by atoms with E-state index in [2.05, 4.69) is 4.90 Å². The fourth-order valence-corrected chi connectivity index (χ4v) is 1.58. The summed E-state index contributed by atoms with van der Waals surface area (Å²) < 4.78 is 4.93. The Bertz CT molecular complexity index is 184. The molecule has 0 spiro atoms. The third kappa shape index (κ3) is 2.67. The van der Waals surface area contributed by atoms with E-state index in [1.165, 1.54) is 0 Å². The van der Waals surface area contributed by atoms with E-state index in [9.17, 15) is 4.79 Å². The number of nitrogens with two attached hydrogens (primary N) is 1. The maximum Gasteiger partial charge on any atom is 0.323 e. The highest BCUT2D eigenvalue weighted by atomic mass is 16.5. The predicted octanol–water partition coefficient (Wildman–Crippen LogP) is -0.0290. The second-order valence-electron chi connectivity index (χ2n) is 3.47. The van der Waals surface area contributed by atoms with E-state index in [1.54, 1.807) is 0 Å². The second kappa shape index (κ2) is 4.58. The van der Waals surface area contributed by atoms with E-state index in [0.717, 1.165) is 19.5 Å². The molecule has 1 aliphatic heterocycles. The van der Waals surface area contributed by atoms with Crippen molar-refractivity contribution in [2.45, 2.75) is 32.4 Å². The predicted molar refractivity (Wildman–Crippen MR) is 50.3 cm³/mol. The van der Waals surface area contributed by atoms with Gasteiger partial charge in [0.2, 0.25) is 0 Å². The van der Waals surface area contributed by atoms with Gasteiger partial charge in [-0.05, 0) is 20.3 Å². The second-order valence-corrected chi connectivity index (χ2v) is 3.47. The molecule has 1 aliphatic rings. The molecule has 76 valence electrons. The molecular weight excluding hydrogens is 168 g/mol. The number of likely N-dealkylation sites (tertiary alicyclic amines) is 1. The van der Waals surface area contributed by atoms with Crippen LogP contribution in [0, 0.1) is 0 Å². The van der Waals surface area contributed by atoms with Gasteiger partial charge in [0.05, 0.1) is 6.61 Å². The van der Waals surface area contributed by atoms with Crippen molar-refractivity contribution in [1.29, 1.82) is 0 Å². The highest BCUT2D eigenvalue weighted by Crippen LogP contribution is 2.11. The van der Waals surface area contributed by atoms with Crippen LogP contribution in [-0.4, -0.2) is 42.6 Å². The SMILES string of the molecule is CCOC(=O)C(C)N1CC[C@@H](N)C1. The smallest absolute Gasteiger partial charge is 0.323 e. The highest BCUT2D eigenvalue weighted by molar-refractivity contribution is 5.75. The molecule has 13 heavy (non-hydrogen) atoms. The molecule has 1 fully saturated rings. The fourth-order valence-electron chi connectivity index (χ4n) is 1.58. The molecule has 2 atom stereocenters. The first-order valence-electron chi connectivity index (χ1n) is 4.81. The van der Waals surface area contributed by atoms with Gasteiger partial charge in [-0.2, -0.15) is 0 Å². The van der Waals surface area contributed by atoms with E-state index in [0.29, 0.717) is 6.61 Å². The van der Waals surface area contributed by atoms with Gasteiger partial charge in [0.25, 0.3) is 0 Å². The number of ether oxygens (including phenoxy) is 1. The van der Waals surface area contributed by atoms with Crippen molar-refractivity contribution in [2.24, 2.45) is 5.73 Å². The Morgan fingerprint density at radius 2 is 2.46 bits per heavy atom. The number of carbonyl (C=O) groups is 1. The Kier molecular flexibility index (Phi) is 3.69. The Labute approximate surface area is 79.0 Å². The number of hydrogen-bond donors (Lipinski definition) is 1. The zero-order valence-electron chi connectivity index (χ0n) is 8.32. The lowest BCUT2D eigenvalue weighted by atomic mass is 10.3. The largest absolute Gasteiger partial charge is 0.465 e. The third-order valence-electron chi connectivity index (χ3n) is 2.43. The molecular formula is C9H18N2O2. The minimum Gasteiger partial charge on any atom is -0.465 e. The van der Waals surface area contributed by atoms with Crippen LogP contribution < -0.4 is 5.73 Å². The van der Waals surface area contributed by atoms with Crippen molar-refractivity contribution >= 4 is 5.97 Å². The summed E-state index contributed by atoms with van der Waals surface area (Å²) in [4.78, 5) is 13.4.